The van der Waals surface area contributed by atoms with E-state index in [2.05, 4.69) is 5.32 Å². The number of aliphatic carboxylic acids is 1. The van der Waals surface area contributed by atoms with Gasteiger partial charge in [0.05, 0.1) is 0 Å². The second kappa shape index (κ2) is 8.19. The lowest BCUT2D eigenvalue weighted by Gasteiger charge is -2.16. The molecule has 0 saturated heterocycles. The van der Waals surface area contributed by atoms with Crippen molar-refractivity contribution in [1.82, 2.24) is 0 Å². The Balaban J connectivity index is 1.98. The molecular formula is C19H21NO5. The first kappa shape index (κ1) is 18.3. The van der Waals surface area contributed by atoms with E-state index in [-0.39, 0.29) is 5.91 Å². The van der Waals surface area contributed by atoms with Crippen molar-refractivity contribution in [3.63, 3.8) is 0 Å². The van der Waals surface area contributed by atoms with E-state index in [1.54, 1.807) is 38.1 Å². The monoisotopic (exact) mass is 343 g/mol. The van der Waals surface area contributed by atoms with Crippen molar-refractivity contribution >= 4 is 17.6 Å². The van der Waals surface area contributed by atoms with E-state index >= 15 is 0 Å². The first-order valence-corrected chi connectivity index (χ1v) is 7.84. The SMILES string of the molecule is Cc1cccc(OC(C)C(=O)Nc2ccc(OCC(=O)O)cc2C)c1. The van der Waals surface area contributed by atoms with Crippen molar-refractivity contribution in [2.75, 3.05) is 11.9 Å². The lowest BCUT2D eigenvalue weighted by atomic mass is 10.2. The maximum Gasteiger partial charge on any atom is 0.341 e. The van der Waals surface area contributed by atoms with Crippen LogP contribution in [0.4, 0.5) is 5.69 Å². The van der Waals surface area contributed by atoms with Crippen LogP contribution < -0.4 is 14.8 Å². The highest BCUT2D eigenvalue weighted by atomic mass is 16.5. The summed E-state index contributed by atoms with van der Waals surface area (Å²) in [6.45, 7) is 5.02. The molecule has 0 radical (unpaired) electrons. The molecule has 0 aromatic heterocycles. The van der Waals surface area contributed by atoms with E-state index in [9.17, 15) is 9.59 Å². The molecule has 6 heteroatoms. The molecule has 0 fully saturated rings. The number of carboxylic acids is 1. The van der Waals surface area contributed by atoms with Gasteiger partial charge in [-0.05, 0) is 62.2 Å². The third-order valence-corrected chi connectivity index (χ3v) is 3.49. The predicted octanol–water partition coefficient (Wildman–Crippen LogP) is 3.17. The fraction of sp³-hybridized carbons (Fsp3) is 0.263. The van der Waals surface area contributed by atoms with Gasteiger partial charge in [0.25, 0.3) is 5.91 Å². The van der Waals surface area contributed by atoms with Crippen molar-refractivity contribution in [3.8, 4) is 11.5 Å². The second-order valence-corrected chi connectivity index (χ2v) is 5.72. The molecule has 25 heavy (non-hydrogen) atoms. The molecule has 0 saturated carbocycles. The Kier molecular flexibility index (Phi) is 6.00. The minimum Gasteiger partial charge on any atom is -0.482 e. The van der Waals surface area contributed by atoms with Gasteiger partial charge in [-0.1, -0.05) is 12.1 Å². The van der Waals surface area contributed by atoms with Crippen molar-refractivity contribution in [2.24, 2.45) is 0 Å². The molecule has 2 aromatic rings. The molecule has 2 N–H and O–H groups in total. The highest BCUT2D eigenvalue weighted by molar-refractivity contribution is 5.94. The zero-order valence-electron chi connectivity index (χ0n) is 14.4. The average molecular weight is 343 g/mol. The quantitative estimate of drug-likeness (QED) is 0.806. The average Bonchev–Trinajstić information content (AvgIpc) is 2.55. The van der Waals surface area contributed by atoms with E-state index in [4.69, 9.17) is 14.6 Å². The van der Waals surface area contributed by atoms with Crippen LogP contribution in [0.5, 0.6) is 11.5 Å². The van der Waals surface area contributed by atoms with Gasteiger partial charge in [-0.2, -0.15) is 0 Å². The second-order valence-electron chi connectivity index (χ2n) is 5.72. The lowest BCUT2D eigenvalue weighted by molar-refractivity contribution is -0.139. The lowest BCUT2D eigenvalue weighted by Crippen LogP contribution is -2.30. The van der Waals surface area contributed by atoms with Crippen LogP contribution >= 0.6 is 0 Å². The van der Waals surface area contributed by atoms with Crippen LogP contribution in [0, 0.1) is 13.8 Å². The summed E-state index contributed by atoms with van der Waals surface area (Å²) in [6.07, 6.45) is -0.663. The number of carbonyl (C=O) groups is 2. The van der Waals surface area contributed by atoms with Crippen molar-refractivity contribution in [3.05, 3.63) is 53.6 Å². The Morgan fingerprint density at radius 2 is 1.88 bits per heavy atom. The number of rotatable bonds is 7. The van der Waals surface area contributed by atoms with E-state index in [1.807, 2.05) is 25.1 Å². The fourth-order valence-electron chi connectivity index (χ4n) is 2.19. The van der Waals surface area contributed by atoms with E-state index in [0.717, 1.165) is 11.1 Å². The van der Waals surface area contributed by atoms with Crippen molar-refractivity contribution in [1.29, 1.82) is 0 Å². The Bertz CT molecular complexity index is 772. The van der Waals surface area contributed by atoms with Gasteiger partial charge in [0.2, 0.25) is 0 Å². The number of aryl methyl sites for hydroxylation is 2. The molecule has 2 rings (SSSR count). The summed E-state index contributed by atoms with van der Waals surface area (Å²) in [7, 11) is 0. The predicted molar refractivity (Wildman–Crippen MR) is 94.2 cm³/mol. The number of carbonyl (C=O) groups excluding carboxylic acids is 1. The number of anilines is 1. The largest absolute Gasteiger partial charge is 0.482 e. The molecule has 0 bridgehead atoms. The van der Waals surface area contributed by atoms with E-state index in [0.29, 0.717) is 17.2 Å². The number of hydrogen-bond donors (Lipinski definition) is 2. The van der Waals surface area contributed by atoms with Crippen molar-refractivity contribution in [2.45, 2.75) is 26.9 Å². The van der Waals surface area contributed by atoms with Crippen LogP contribution in [0.3, 0.4) is 0 Å². The summed E-state index contributed by atoms with van der Waals surface area (Å²) in [5.41, 5.74) is 2.43. The number of benzene rings is 2. The molecule has 6 nitrogen and oxygen atoms in total. The maximum absolute atomic E-state index is 12.3. The van der Waals surface area contributed by atoms with Gasteiger partial charge < -0.3 is 19.9 Å². The summed E-state index contributed by atoms with van der Waals surface area (Å²) >= 11 is 0. The van der Waals surface area contributed by atoms with Crippen LogP contribution in [0.1, 0.15) is 18.1 Å². The molecule has 1 unspecified atom stereocenters. The normalized spacial score (nSPS) is 11.5. The zero-order valence-corrected chi connectivity index (χ0v) is 14.4. The minimum atomic E-state index is -1.04. The molecule has 1 atom stereocenters. The number of ether oxygens (including phenoxy) is 2. The molecule has 0 spiro atoms. The Morgan fingerprint density at radius 1 is 1.12 bits per heavy atom. The van der Waals surface area contributed by atoms with Gasteiger partial charge in [-0.15, -0.1) is 0 Å². The molecule has 0 aliphatic carbocycles. The molecule has 0 aliphatic heterocycles. The summed E-state index contributed by atoms with van der Waals surface area (Å²) in [5.74, 6) is -0.250. The van der Waals surface area contributed by atoms with Crippen LogP contribution in [0.25, 0.3) is 0 Å². The van der Waals surface area contributed by atoms with Crippen LogP contribution in [0.2, 0.25) is 0 Å². The fourth-order valence-corrected chi connectivity index (χ4v) is 2.19. The number of hydrogen-bond acceptors (Lipinski definition) is 4. The molecule has 132 valence electrons. The molecule has 0 heterocycles. The topological polar surface area (TPSA) is 84.9 Å². The van der Waals surface area contributed by atoms with Gasteiger partial charge in [-0.25, -0.2) is 4.79 Å². The summed E-state index contributed by atoms with van der Waals surface area (Å²) in [6, 6.07) is 12.4. The van der Waals surface area contributed by atoms with Gasteiger partial charge in [0.15, 0.2) is 12.7 Å². The van der Waals surface area contributed by atoms with Gasteiger partial charge in [-0.3, -0.25) is 4.79 Å². The molecular weight excluding hydrogens is 322 g/mol. The van der Waals surface area contributed by atoms with Crippen LogP contribution in [0.15, 0.2) is 42.5 Å². The van der Waals surface area contributed by atoms with Crippen molar-refractivity contribution < 1.29 is 24.2 Å². The van der Waals surface area contributed by atoms with Crippen LogP contribution in [-0.4, -0.2) is 29.7 Å². The third kappa shape index (κ3) is 5.53. The van der Waals surface area contributed by atoms with E-state index < -0.39 is 18.7 Å². The van der Waals surface area contributed by atoms with Gasteiger partial charge in [0, 0.05) is 5.69 Å². The number of amides is 1. The maximum atomic E-state index is 12.3. The number of nitrogens with one attached hydrogen (secondary N) is 1. The number of carboxylic acid groups (broad SMARTS) is 1. The van der Waals surface area contributed by atoms with Crippen LogP contribution in [-0.2, 0) is 9.59 Å². The zero-order chi connectivity index (χ0) is 18.4. The first-order valence-electron chi connectivity index (χ1n) is 7.84. The minimum absolute atomic E-state index is 0.274. The smallest absolute Gasteiger partial charge is 0.341 e. The standard InChI is InChI=1S/C19H21NO5/c1-12-5-4-6-16(9-12)25-14(3)19(23)20-17-8-7-15(10-13(17)2)24-11-18(21)22/h4-10,14H,11H2,1-3H3,(H,20,23)(H,21,22). The Morgan fingerprint density at radius 3 is 2.52 bits per heavy atom. The molecule has 2 aromatic carbocycles. The molecule has 0 aliphatic rings. The highest BCUT2D eigenvalue weighted by Crippen LogP contribution is 2.22. The van der Waals surface area contributed by atoms with Gasteiger partial charge >= 0.3 is 5.97 Å². The van der Waals surface area contributed by atoms with Gasteiger partial charge in [0.1, 0.15) is 11.5 Å². The summed E-state index contributed by atoms with van der Waals surface area (Å²) in [5, 5.41) is 11.4. The Hall–Kier alpha value is -3.02. The summed E-state index contributed by atoms with van der Waals surface area (Å²) in [4.78, 5) is 22.8. The summed E-state index contributed by atoms with van der Waals surface area (Å²) < 4.78 is 10.8. The third-order valence-electron chi connectivity index (χ3n) is 3.49. The Labute approximate surface area is 146 Å². The first-order chi connectivity index (χ1) is 11.8. The molecule has 1 amide bonds. The highest BCUT2D eigenvalue weighted by Gasteiger charge is 2.16. The van der Waals surface area contributed by atoms with E-state index in [1.165, 1.54) is 0 Å².